The standard InChI is InChI=1S/C22H26F4N2O/c23-20-13-19(17-7-4-8-18(21(17)27-20)22(24,25)26)29-16-9-11-28(12-10-16)14-15-5-2-1-3-6-15/h4,7-8,13,15-16H,1-3,5-6,9-12,14H2. The van der Waals surface area contributed by atoms with Crippen molar-refractivity contribution in [2.75, 3.05) is 19.6 Å². The van der Waals surface area contributed by atoms with E-state index < -0.39 is 23.2 Å². The van der Waals surface area contributed by atoms with Crippen molar-refractivity contribution in [1.82, 2.24) is 9.88 Å². The molecule has 1 aliphatic heterocycles. The van der Waals surface area contributed by atoms with Crippen LogP contribution < -0.4 is 4.74 Å². The fourth-order valence-corrected chi connectivity index (χ4v) is 4.64. The van der Waals surface area contributed by atoms with Crippen LogP contribution in [0.1, 0.15) is 50.5 Å². The maximum atomic E-state index is 14.0. The van der Waals surface area contributed by atoms with Gasteiger partial charge in [-0.3, -0.25) is 0 Å². The van der Waals surface area contributed by atoms with Crippen molar-refractivity contribution in [3.63, 3.8) is 0 Å². The van der Waals surface area contributed by atoms with Crippen LogP contribution >= 0.6 is 0 Å². The highest BCUT2D eigenvalue weighted by molar-refractivity contribution is 5.87. The second kappa shape index (κ2) is 8.46. The summed E-state index contributed by atoms with van der Waals surface area (Å²) in [5, 5.41) is 0.200. The highest BCUT2D eigenvalue weighted by Gasteiger charge is 2.34. The Morgan fingerprint density at radius 2 is 1.76 bits per heavy atom. The lowest BCUT2D eigenvalue weighted by molar-refractivity contribution is -0.136. The summed E-state index contributed by atoms with van der Waals surface area (Å²) in [6.07, 6.45) is 3.46. The maximum absolute atomic E-state index is 14.0. The lowest BCUT2D eigenvalue weighted by atomic mass is 9.88. The van der Waals surface area contributed by atoms with E-state index in [0.717, 1.165) is 50.5 Å². The van der Waals surface area contributed by atoms with Crippen molar-refractivity contribution in [3.8, 4) is 5.75 Å². The molecule has 0 bridgehead atoms. The average Bonchev–Trinajstić information content (AvgIpc) is 2.69. The van der Waals surface area contributed by atoms with Crippen LogP contribution in [0, 0.1) is 11.9 Å². The molecular formula is C22H26F4N2O. The van der Waals surface area contributed by atoms with Gasteiger partial charge in [0.2, 0.25) is 5.95 Å². The van der Waals surface area contributed by atoms with Gasteiger partial charge >= 0.3 is 6.18 Å². The van der Waals surface area contributed by atoms with Gasteiger partial charge in [-0.05, 0) is 43.7 Å². The predicted octanol–water partition coefficient (Wildman–Crippen LogP) is 5.82. The number of fused-ring (bicyclic) bond motifs is 1. The van der Waals surface area contributed by atoms with Crippen LogP contribution in [0.2, 0.25) is 0 Å². The van der Waals surface area contributed by atoms with E-state index in [2.05, 4.69) is 9.88 Å². The van der Waals surface area contributed by atoms with Crippen LogP contribution in [-0.4, -0.2) is 35.6 Å². The lowest BCUT2D eigenvalue weighted by Crippen LogP contribution is -2.41. The van der Waals surface area contributed by atoms with E-state index in [1.165, 1.54) is 44.2 Å². The Hall–Kier alpha value is -1.89. The summed E-state index contributed by atoms with van der Waals surface area (Å²) in [5.41, 5.74) is -1.34. The quantitative estimate of drug-likeness (QED) is 0.469. The summed E-state index contributed by atoms with van der Waals surface area (Å²) in [5.74, 6) is -0.0384. The number of halogens is 4. The minimum atomic E-state index is -4.60. The highest BCUT2D eigenvalue weighted by Crippen LogP contribution is 2.37. The van der Waals surface area contributed by atoms with Gasteiger partial charge in [-0.25, -0.2) is 4.98 Å². The number of ether oxygens (including phenoxy) is 1. The van der Waals surface area contributed by atoms with Gasteiger partial charge in [0, 0.05) is 31.1 Å². The third-order valence-corrected chi connectivity index (χ3v) is 6.15. The van der Waals surface area contributed by atoms with Crippen LogP contribution in [0.25, 0.3) is 10.9 Å². The van der Waals surface area contributed by atoms with E-state index in [9.17, 15) is 17.6 Å². The Morgan fingerprint density at radius 3 is 2.45 bits per heavy atom. The first-order valence-electron chi connectivity index (χ1n) is 10.5. The third kappa shape index (κ3) is 4.82. The molecule has 0 spiro atoms. The molecule has 0 N–H and O–H groups in total. The molecule has 2 fully saturated rings. The second-order valence-corrected chi connectivity index (χ2v) is 8.26. The molecule has 1 saturated heterocycles. The van der Waals surface area contributed by atoms with E-state index in [1.54, 1.807) is 0 Å². The SMILES string of the molecule is Fc1cc(OC2CCN(CC3CCCCC3)CC2)c2cccc(C(F)(F)F)c2n1. The van der Waals surface area contributed by atoms with Gasteiger partial charge < -0.3 is 9.64 Å². The van der Waals surface area contributed by atoms with Gasteiger partial charge in [-0.15, -0.1) is 0 Å². The zero-order chi connectivity index (χ0) is 20.4. The van der Waals surface area contributed by atoms with E-state index in [4.69, 9.17) is 4.74 Å². The van der Waals surface area contributed by atoms with E-state index in [-0.39, 0.29) is 17.2 Å². The summed E-state index contributed by atoms with van der Waals surface area (Å²) >= 11 is 0. The molecule has 0 unspecified atom stereocenters. The van der Waals surface area contributed by atoms with Crippen molar-refractivity contribution in [1.29, 1.82) is 0 Å². The molecule has 0 amide bonds. The topological polar surface area (TPSA) is 25.4 Å². The average molecular weight is 410 g/mol. The van der Waals surface area contributed by atoms with Crippen molar-refractivity contribution in [2.24, 2.45) is 5.92 Å². The number of hydrogen-bond donors (Lipinski definition) is 0. The largest absolute Gasteiger partial charge is 0.489 e. The first kappa shape index (κ1) is 20.4. The van der Waals surface area contributed by atoms with Crippen LogP contribution in [0.5, 0.6) is 5.75 Å². The number of benzene rings is 1. The van der Waals surface area contributed by atoms with Crippen LogP contribution in [0.3, 0.4) is 0 Å². The van der Waals surface area contributed by atoms with Crippen molar-refractivity contribution >= 4 is 10.9 Å². The van der Waals surface area contributed by atoms with E-state index in [1.807, 2.05) is 0 Å². The van der Waals surface area contributed by atoms with Gasteiger partial charge in [-0.2, -0.15) is 17.6 Å². The van der Waals surface area contributed by atoms with Crippen molar-refractivity contribution < 1.29 is 22.3 Å². The van der Waals surface area contributed by atoms with Crippen LogP contribution in [-0.2, 0) is 6.18 Å². The smallest absolute Gasteiger partial charge is 0.418 e. The number of alkyl halides is 3. The Bertz CT molecular complexity index is 841. The van der Waals surface area contributed by atoms with E-state index >= 15 is 0 Å². The maximum Gasteiger partial charge on any atom is 0.418 e. The van der Waals surface area contributed by atoms with Crippen LogP contribution in [0.4, 0.5) is 17.6 Å². The zero-order valence-electron chi connectivity index (χ0n) is 16.3. The van der Waals surface area contributed by atoms with Crippen LogP contribution in [0.15, 0.2) is 24.3 Å². The molecule has 0 radical (unpaired) electrons. The van der Waals surface area contributed by atoms with Gasteiger partial charge in [0.1, 0.15) is 11.9 Å². The van der Waals surface area contributed by atoms with E-state index in [0.29, 0.717) is 0 Å². The fraction of sp³-hybridized carbons (Fsp3) is 0.591. The van der Waals surface area contributed by atoms with Crippen molar-refractivity contribution in [3.05, 3.63) is 35.8 Å². The molecule has 2 heterocycles. The van der Waals surface area contributed by atoms with Crippen molar-refractivity contribution in [2.45, 2.75) is 57.2 Å². The lowest BCUT2D eigenvalue weighted by Gasteiger charge is -2.35. The minimum absolute atomic E-state index is 0.128. The first-order valence-corrected chi connectivity index (χ1v) is 10.5. The number of pyridine rings is 1. The second-order valence-electron chi connectivity index (χ2n) is 8.26. The molecule has 1 aliphatic carbocycles. The summed E-state index contributed by atoms with van der Waals surface area (Å²) in [7, 11) is 0. The molecule has 3 nitrogen and oxygen atoms in total. The van der Waals surface area contributed by atoms with Gasteiger partial charge in [0.15, 0.2) is 0 Å². The Kier molecular flexibility index (Phi) is 5.95. The number of para-hydroxylation sites is 1. The third-order valence-electron chi connectivity index (χ3n) is 6.15. The molecule has 4 rings (SSSR count). The number of rotatable bonds is 4. The molecular weight excluding hydrogens is 384 g/mol. The minimum Gasteiger partial charge on any atom is -0.489 e. The number of aromatic nitrogens is 1. The zero-order valence-corrected chi connectivity index (χ0v) is 16.3. The first-order chi connectivity index (χ1) is 13.9. The highest BCUT2D eigenvalue weighted by atomic mass is 19.4. The summed E-state index contributed by atoms with van der Waals surface area (Å²) in [6.45, 7) is 2.93. The molecule has 29 heavy (non-hydrogen) atoms. The van der Waals surface area contributed by atoms with Gasteiger partial charge in [0.05, 0.1) is 11.1 Å². The number of hydrogen-bond acceptors (Lipinski definition) is 3. The summed E-state index contributed by atoms with van der Waals surface area (Å²) in [6, 6.07) is 4.83. The summed E-state index contributed by atoms with van der Waals surface area (Å²) < 4.78 is 59.8. The number of nitrogens with zero attached hydrogens (tertiary/aromatic N) is 2. The van der Waals surface area contributed by atoms with Gasteiger partial charge in [0.25, 0.3) is 0 Å². The van der Waals surface area contributed by atoms with Gasteiger partial charge in [-0.1, -0.05) is 25.3 Å². The number of piperidine rings is 1. The molecule has 158 valence electrons. The molecule has 2 aliphatic rings. The Labute approximate surface area is 168 Å². The Balaban J connectivity index is 1.45. The summed E-state index contributed by atoms with van der Waals surface area (Å²) in [4.78, 5) is 5.96. The normalized spacial score (nSPS) is 20.3. The molecule has 7 heteroatoms. The fourth-order valence-electron chi connectivity index (χ4n) is 4.64. The monoisotopic (exact) mass is 410 g/mol. The molecule has 1 aromatic carbocycles. The molecule has 0 atom stereocenters. The number of likely N-dealkylation sites (tertiary alicyclic amines) is 1. The Morgan fingerprint density at radius 1 is 1.03 bits per heavy atom. The predicted molar refractivity (Wildman–Crippen MR) is 103 cm³/mol. The molecule has 2 aromatic rings. The molecule has 1 saturated carbocycles. The molecule has 1 aromatic heterocycles.